The molecule has 0 atom stereocenters. The average Bonchev–Trinajstić information content (AvgIpc) is 2.82. The fourth-order valence-corrected chi connectivity index (χ4v) is 3.71. The van der Waals surface area contributed by atoms with Crippen LogP contribution in [0.2, 0.25) is 0 Å². The van der Waals surface area contributed by atoms with Gasteiger partial charge in [0.1, 0.15) is 11.5 Å². The molecule has 2 amide bonds. The Morgan fingerprint density at radius 1 is 1.03 bits per heavy atom. The van der Waals surface area contributed by atoms with Gasteiger partial charge in [-0.15, -0.1) is 0 Å². The van der Waals surface area contributed by atoms with Gasteiger partial charge in [-0.2, -0.15) is 0 Å². The number of unbranched alkanes of at least 4 members (excludes halogenated alkanes) is 1. The molecule has 33 heavy (non-hydrogen) atoms. The van der Waals surface area contributed by atoms with Gasteiger partial charge in [0.2, 0.25) is 5.91 Å². The molecule has 1 heterocycles. The maximum Gasteiger partial charge on any atom is 0.265 e. The topological polar surface area (TPSA) is 67.9 Å². The molecule has 4 rings (SSSR count). The van der Waals surface area contributed by atoms with E-state index in [0.717, 1.165) is 24.2 Å². The number of rotatable bonds is 9. The number of carbonyl (C=O) groups is 2. The number of anilines is 2. The highest BCUT2D eigenvalue weighted by molar-refractivity contribution is 5.99. The Bertz CT molecular complexity index is 1100. The van der Waals surface area contributed by atoms with Crippen LogP contribution in [0.25, 0.3) is 0 Å². The molecule has 0 spiro atoms. The third kappa shape index (κ3) is 6.13. The van der Waals surface area contributed by atoms with Crippen molar-refractivity contribution in [1.29, 1.82) is 0 Å². The summed E-state index contributed by atoms with van der Waals surface area (Å²) in [5, 5.41) is 2.92. The minimum Gasteiger partial charge on any atom is -0.494 e. The number of benzene rings is 3. The molecule has 0 saturated carbocycles. The molecular formula is C27H28N2O4. The zero-order valence-electron chi connectivity index (χ0n) is 18.8. The largest absolute Gasteiger partial charge is 0.494 e. The minimum atomic E-state index is -0.107. The van der Waals surface area contributed by atoms with Crippen molar-refractivity contribution in [2.75, 3.05) is 30.0 Å². The average molecular weight is 445 g/mol. The molecule has 0 saturated heterocycles. The lowest BCUT2D eigenvalue weighted by atomic mass is 10.1. The van der Waals surface area contributed by atoms with Gasteiger partial charge in [0.15, 0.2) is 6.61 Å². The van der Waals surface area contributed by atoms with Crippen LogP contribution in [0, 0.1) is 6.92 Å². The first-order valence-corrected chi connectivity index (χ1v) is 11.2. The van der Waals surface area contributed by atoms with E-state index >= 15 is 0 Å². The van der Waals surface area contributed by atoms with Gasteiger partial charge in [-0.25, -0.2) is 0 Å². The van der Waals surface area contributed by atoms with Crippen molar-refractivity contribution >= 4 is 23.2 Å². The molecular weight excluding hydrogens is 416 g/mol. The van der Waals surface area contributed by atoms with Gasteiger partial charge >= 0.3 is 0 Å². The lowest BCUT2D eigenvalue weighted by Crippen LogP contribution is -2.39. The summed E-state index contributed by atoms with van der Waals surface area (Å²) in [7, 11) is 0. The van der Waals surface area contributed by atoms with Crippen LogP contribution in [0.5, 0.6) is 11.5 Å². The van der Waals surface area contributed by atoms with E-state index in [-0.39, 0.29) is 24.8 Å². The molecule has 6 nitrogen and oxygen atoms in total. The molecule has 3 aromatic rings. The van der Waals surface area contributed by atoms with Gasteiger partial charge < -0.3 is 19.7 Å². The fraction of sp³-hybridized carbons (Fsp3) is 0.259. The number of nitrogens with one attached hydrogen (secondary N) is 1. The summed E-state index contributed by atoms with van der Waals surface area (Å²) < 4.78 is 11.4. The fourth-order valence-electron chi connectivity index (χ4n) is 3.71. The Labute approximate surface area is 194 Å². The van der Waals surface area contributed by atoms with Crippen LogP contribution >= 0.6 is 0 Å². The maximum atomic E-state index is 12.5. The molecule has 0 unspecified atom stereocenters. The van der Waals surface area contributed by atoms with Gasteiger partial charge in [0, 0.05) is 12.2 Å². The van der Waals surface area contributed by atoms with E-state index in [2.05, 4.69) is 5.32 Å². The van der Waals surface area contributed by atoms with E-state index in [1.165, 1.54) is 5.56 Å². The molecule has 3 aromatic carbocycles. The van der Waals surface area contributed by atoms with Crippen molar-refractivity contribution < 1.29 is 19.1 Å². The first kappa shape index (κ1) is 22.4. The third-order valence-corrected chi connectivity index (χ3v) is 5.46. The van der Waals surface area contributed by atoms with Gasteiger partial charge in [-0.3, -0.25) is 9.59 Å². The molecule has 1 aliphatic rings. The van der Waals surface area contributed by atoms with E-state index in [4.69, 9.17) is 9.47 Å². The van der Waals surface area contributed by atoms with Crippen LogP contribution in [0.4, 0.5) is 11.4 Å². The summed E-state index contributed by atoms with van der Waals surface area (Å²) in [5.74, 6) is 1.30. The van der Waals surface area contributed by atoms with Crippen LogP contribution in [0.1, 0.15) is 24.0 Å². The Hall–Kier alpha value is -3.80. The molecule has 0 bridgehead atoms. The second-order valence-corrected chi connectivity index (χ2v) is 8.10. The highest BCUT2D eigenvalue weighted by atomic mass is 16.5. The van der Waals surface area contributed by atoms with Gasteiger partial charge in [0.25, 0.3) is 5.91 Å². The Kier molecular flexibility index (Phi) is 7.25. The standard InChI is InChI=1S/C27H28N2O4/c1-20-9-12-23(13-10-20)32-16-6-5-15-29-24-18-22(11-14-25(24)33-19-27(29)31)28-26(30)17-21-7-3-2-4-8-21/h2-4,7-14,18H,5-6,15-17,19H2,1H3,(H,28,30). The van der Waals surface area contributed by atoms with E-state index < -0.39 is 0 Å². The van der Waals surface area contributed by atoms with Crippen molar-refractivity contribution in [1.82, 2.24) is 0 Å². The second-order valence-electron chi connectivity index (χ2n) is 8.10. The van der Waals surface area contributed by atoms with Crippen LogP contribution in [0.15, 0.2) is 72.8 Å². The molecule has 0 aromatic heterocycles. The summed E-state index contributed by atoms with van der Waals surface area (Å²) in [6, 6.07) is 23.0. The van der Waals surface area contributed by atoms with Crippen LogP contribution in [-0.4, -0.2) is 31.6 Å². The number of carbonyl (C=O) groups excluding carboxylic acids is 2. The SMILES string of the molecule is Cc1ccc(OCCCCN2C(=O)COc3ccc(NC(=O)Cc4ccccc4)cc32)cc1. The van der Waals surface area contributed by atoms with Crippen LogP contribution in [-0.2, 0) is 16.0 Å². The Morgan fingerprint density at radius 3 is 2.61 bits per heavy atom. The summed E-state index contributed by atoms with van der Waals surface area (Å²) in [6.45, 7) is 3.21. The van der Waals surface area contributed by atoms with Crippen molar-refractivity contribution in [2.45, 2.75) is 26.2 Å². The lowest BCUT2D eigenvalue weighted by Gasteiger charge is -2.30. The summed E-state index contributed by atoms with van der Waals surface area (Å²) >= 11 is 0. The molecule has 1 N–H and O–H groups in total. The number of ether oxygens (including phenoxy) is 2. The Morgan fingerprint density at radius 2 is 1.82 bits per heavy atom. The number of nitrogens with zero attached hydrogens (tertiary/aromatic N) is 1. The van der Waals surface area contributed by atoms with E-state index in [0.29, 0.717) is 30.3 Å². The molecule has 1 aliphatic heterocycles. The highest BCUT2D eigenvalue weighted by Gasteiger charge is 2.25. The number of amides is 2. The summed E-state index contributed by atoms with van der Waals surface area (Å²) in [5.41, 5.74) is 3.47. The van der Waals surface area contributed by atoms with Gasteiger partial charge in [0.05, 0.1) is 18.7 Å². The van der Waals surface area contributed by atoms with Crippen LogP contribution < -0.4 is 19.7 Å². The number of hydrogen-bond donors (Lipinski definition) is 1. The van der Waals surface area contributed by atoms with E-state index in [9.17, 15) is 9.59 Å². The molecule has 0 aliphatic carbocycles. The predicted octanol–water partition coefficient (Wildman–Crippen LogP) is 4.76. The van der Waals surface area contributed by atoms with E-state index in [1.807, 2.05) is 61.5 Å². The minimum absolute atomic E-state index is 0.0204. The van der Waals surface area contributed by atoms with Gasteiger partial charge in [-0.05, 0) is 55.7 Å². The maximum absolute atomic E-state index is 12.5. The zero-order valence-corrected chi connectivity index (χ0v) is 18.8. The normalized spacial score (nSPS) is 12.6. The summed E-state index contributed by atoms with van der Waals surface area (Å²) in [6.07, 6.45) is 1.90. The second kappa shape index (κ2) is 10.7. The first-order valence-electron chi connectivity index (χ1n) is 11.2. The quantitative estimate of drug-likeness (QED) is 0.483. The molecule has 170 valence electrons. The van der Waals surface area contributed by atoms with Gasteiger partial charge in [-0.1, -0.05) is 48.0 Å². The Balaban J connectivity index is 1.33. The molecule has 0 fully saturated rings. The lowest BCUT2D eigenvalue weighted by molar-refractivity contribution is -0.121. The highest BCUT2D eigenvalue weighted by Crippen LogP contribution is 2.34. The number of aryl methyl sites for hydroxylation is 1. The van der Waals surface area contributed by atoms with Crippen molar-refractivity contribution in [2.24, 2.45) is 0 Å². The van der Waals surface area contributed by atoms with Crippen molar-refractivity contribution in [3.05, 3.63) is 83.9 Å². The summed E-state index contributed by atoms with van der Waals surface area (Å²) in [4.78, 5) is 26.7. The van der Waals surface area contributed by atoms with Crippen molar-refractivity contribution in [3.8, 4) is 11.5 Å². The molecule has 6 heteroatoms. The first-order chi connectivity index (χ1) is 16.1. The smallest absolute Gasteiger partial charge is 0.265 e. The molecule has 0 radical (unpaired) electrons. The zero-order chi connectivity index (χ0) is 23.0. The van der Waals surface area contributed by atoms with E-state index in [1.54, 1.807) is 23.1 Å². The predicted molar refractivity (Wildman–Crippen MR) is 129 cm³/mol. The van der Waals surface area contributed by atoms with Crippen LogP contribution in [0.3, 0.4) is 0 Å². The van der Waals surface area contributed by atoms with Crippen molar-refractivity contribution in [3.63, 3.8) is 0 Å². The monoisotopic (exact) mass is 444 g/mol. The third-order valence-electron chi connectivity index (χ3n) is 5.46. The number of fused-ring (bicyclic) bond motifs is 1. The number of hydrogen-bond acceptors (Lipinski definition) is 4.